The molecule has 0 aromatic heterocycles. The van der Waals surface area contributed by atoms with Gasteiger partial charge in [0.05, 0.1) is 0 Å². The molecular formula is C29H40N2O2. The van der Waals surface area contributed by atoms with E-state index in [2.05, 4.69) is 62.5 Å². The van der Waals surface area contributed by atoms with E-state index in [1.165, 1.54) is 24.0 Å². The summed E-state index contributed by atoms with van der Waals surface area (Å²) in [6, 6.07) is 18.5. The first-order valence-corrected chi connectivity index (χ1v) is 12.5. The smallest absolute Gasteiger partial charge is 0.242 e. The second kappa shape index (κ2) is 11.5. The van der Waals surface area contributed by atoms with Crippen LogP contribution in [-0.4, -0.2) is 35.3 Å². The summed E-state index contributed by atoms with van der Waals surface area (Å²) in [6.45, 7) is 9.02. The van der Waals surface area contributed by atoms with Gasteiger partial charge in [0.15, 0.2) is 0 Å². The minimum Gasteiger partial charge on any atom is -0.352 e. The Morgan fingerprint density at radius 2 is 1.55 bits per heavy atom. The monoisotopic (exact) mass is 448 g/mol. The van der Waals surface area contributed by atoms with Crippen LogP contribution in [0, 0.1) is 0 Å². The van der Waals surface area contributed by atoms with E-state index in [0.717, 1.165) is 24.8 Å². The van der Waals surface area contributed by atoms with Gasteiger partial charge in [0, 0.05) is 19.0 Å². The molecule has 0 unspecified atom stereocenters. The van der Waals surface area contributed by atoms with E-state index in [1.54, 1.807) is 4.90 Å². The van der Waals surface area contributed by atoms with Gasteiger partial charge in [0.25, 0.3) is 0 Å². The molecule has 0 aliphatic heterocycles. The normalized spacial score (nSPS) is 15.3. The van der Waals surface area contributed by atoms with Crippen LogP contribution in [-0.2, 0) is 27.8 Å². The first-order chi connectivity index (χ1) is 15.7. The Labute approximate surface area is 199 Å². The summed E-state index contributed by atoms with van der Waals surface area (Å²) in [4.78, 5) is 28.0. The summed E-state index contributed by atoms with van der Waals surface area (Å²) >= 11 is 0. The molecular weight excluding hydrogens is 408 g/mol. The summed E-state index contributed by atoms with van der Waals surface area (Å²) in [5.74, 6) is 0.0118. The van der Waals surface area contributed by atoms with Crippen molar-refractivity contribution in [1.82, 2.24) is 10.2 Å². The molecule has 0 radical (unpaired) electrons. The molecule has 2 amide bonds. The van der Waals surface area contributed by atoms with Crippen molar-refractivity contribution in [3.63, 3.8) is 0 Å². The first-order valence-electron chi connectivity index (χ1n) is 12.5. The number of carbonyl (C=O) groups is 2. The van der Waals surface area contributed by atoms with Gasteiger partial charge in [-0.25, -0.2) is 0 Å². The molecule has 33 heavy (non-hydrogen) atoms. The molecule has 1 atom stereocenters. The summed E-state index contributed by atoms with van der Waals surface area (Å²) < 4.78 is 0. The third-order valence-electron chi connectivity index (χ3n) is 6.80. The lowest BCUT2D eigenvalue weighted by Crippen LogP contribution is -2.50. The van der Waals surface area contributed by atoms with Gasteiger partial charge in [-0.15, -0.1) is 0 Å². The number of aryl methyl sites for hydroxylation is 1. The number of benzene rings is 2. The predicted octanol–water partition coefficient (Wildman–Crippen LogP) is 5.44. The molecule has 4 heteroatoms. The van der Waals surface area contributed by atoms with Gasteiger partial charge < -0.3 is 10.2 Å². The topological polar surface area (TPSA) is 49.4 Å². The molecule has 1 aliphatic rings. The van der Waals surface area contributed by atoms with E-state index >= 15 is 0 Å². The van der Waals surface area contributed by atoms with Crippen molar-refractivity contribution in [2.75, 3.05) is 6.54 Å². The Morgan fingerprint density at radius 3 is 2.15 bits per heavy atom. The molecule has 178 valence electrons. The minimum atomic E-state index is -0.468. The zero-order valence-corrected chi connectivity index (χ0v) is 20.8. The number of rotatable bonds is 9. The summed E-state index contributed by atoms with van der Waals surface area (Å²) in [6.07, 6.45) is 6.26. The number of amides is 2. The van der Waals surface area contributed by atoms with E-state index in [-0.39, 0.29) is 23.3 Å². The van der Waals surface area contributed by atoms with E-state index in [0.29, 0.717) is 19.4 Å². The van der Waals surface area contributed by atoms with Crippen LogP contribution < -0.4 is 5.32 Å². The van der Waals surface area contributed by atoms with Crippen LogP contribution in [0.3, 0.4) is 0 Å². The number of hydrogen-bond acceptors (Lipinski definition) is 2. The van der Waals surface area contributed by atoms with Gasteiger partial charge >= 0.3 is 0 Å². The van der Waals surface area contributed by atoms with Crippen molar-refractivity contribution >= 4 is 11.8 Å². The summed E-state index contributed by atoms with van der Waals surface area (Å²) in [7, 11) is 0. The zero-order valence-electron chi connectivity index (χ0n) is 20.8. The predicted molar refractivity (Wildman–Crippen MR) is 135 cm³/mol. The van der Waals surface area contributed by atoms with Crippen LogP contribution in [0.2, 0.25) is 0 Å². The quantitative estimate of drug-likeness (QED) is 0.556. The molecule has 1 aliphatic carbocycles. The van der Waals surface area contributed by atoms with Crippen molar-refractivity contribution < 1.29 is 9.59 Å². The van der Waals surface area contributed by atoms with Gasteiger partial charge in [-0.3, -0.25) is 9.59 Å². The lowest BCUT2D eigenvalue weighted by molar-refractivity contribution is -0.140. The molecule has 3 rings (SSSR count). The largest absolute Gasteiger partial charge is 0.352 e. The van der Waals surface area contributed by atoms with Crippen LogP contribution in [0.25, 0.3) is 0 Å². The average Bonchev–Trinajstić information content (AvgIpc) is 3.31. The summed E-state index contributed by atoms with van der Waals surface area (Å²) in [5, 5.41) is 3.17. The number of carbonyl (C=O) groups excluding carboxylic acids is 2. The van der Waals surface area contributed by atoms with Gasteiger partial charge in [-0.05, 0) is 54.7 Å². The fourth-order valence-electron chi connectivity index (χ4n) is 4.53. The molecule has 4 nitrogen and oxygen atoms in total. The molecule has 1 fully saturated rings. The Hall–Kier alpha value is -2.62. The van der Waals surface area contributed by atoms with Crippen molar-refractivity contribution in [3.05, 3.63) is 71.3 Å². The lowest BCUT2D eigenvalue weighted by Gasteiger charge is -2.30. The zero-order chi connectivity index (χ0) is 23.8. The van der Waals surface area contributed by atoms with Crippen molar-refractivity contribution in [2.24, 2.45) is 0 Å². The van der Waals surface area contributed by atoms with Gasteiger partial charge in [-0.1, -0.05) is 88.2 Å². The molecule has 2 aromatic rings. The molecule has 0 heterocycles. The third kappa shape index (κ3) is 7.45. The minimum absolute atomic E-state index is 0.0298. The maximum atomic E-state index is 13.3. The highest BCUT2D eigenvalue weighted by atomic mass is 16.2. The maximum Gasteiger partial charge on any atom is 0.242 e. The highest BCUT2D eigenvalue weighted by Crippen LogP contribution is 2.23. The third-order valence-corrected chi connectivity index (χ3v) is 6.80. The van der Waals surface area contributed by atoms with Crippen LogP contribution in [0.4, 0.5) is 0 Å². The Bertz CT molecular complexity index is 893. The van der Waals surface area contributed by atoms with Gasteiger partial charge in [0.2, 0.25) is 11.8 Å². The van der Waals surface area contributed by atoms with Gasteiger partial charge in [-0.2, -0.15) is 0 Å². The fraction of sp³-hybridized carbons (Fsp3) is 0.517. The van der Waals surface area contributed by atoms with Crippen molar-refractivity contribution in [1.29, 1.82) is 0 Å². The van der Waals surface area contributed by atoms with E-state index in [9.17, 15) is 9.59 Å². The molecule has 0 spiro atoms. The molecule has 2 aromatic carbocycles. The second-order valence-electron chi connectivity index (χ2n) is 10.4. The summed E-state index contributed by atoms with van der Waals surface area (Å²) in [5.41, 5.74) is 3.74. The molecule has 1 N–H and O–H groups in total. The first kappa shape index (κ1) is 25.0. The highest BCUT2D eigenvalue weighted by molar-refractivity contribution is 5.87. The van der Waals surface area contributed by atoms with Crippen LogP contribution in [0.5, 0.6) is 0 Å². The van der Waals surface area contributed by atoms with Crippen LogP contribution >= 0.6 is 0 Å². The average molecular weight is 449 g/mol. The molecule has 0 saturated heterocycles. The van der Waals surface area contributed by atoms with E-state index < -0.39 is 6.04 Å². The Balaban J connectivity index is 1.64. The molecule has 1 saturated carbocycles. The standard InChI is InChI=1S/C29H40N2O2/c1-22(28(33)30-26-12-8-9-13-26)31(21-20-23-10-6-5-7-11-23)27(32)19-16-24-14-17-25(18-15-24)29(2,3)4/h5-7,10-11,14-15,17-18,22,26H,8-9,12-13,16,19-21H2,1-4H3,(H,30,33)/t22-/m0/s1. The maximum absolute atomic E-state index is 13.3. The number of nitrogens with one attached hydrogen (secondary N) is 1. The van der Waals surface area contributed by atoms with E-state index in [1.807, 2.05) is 25.1 Å². The fourth-order valence-corrected chi connectivity index (χ4v) is 4.53. The van der Waals surface area contributed by atoms with Crippen LogP contribution in [0.15, 0.2) is 54.6 Å². The van der Waals surface area contributed by atoms with Crippen LogP contribution in [0.1, 0.15) is 76.5 Å². The Kier molecular flexibility index (Phi) is 8.71. The van der Waals surface area contributed by atoms with Crippen molar-refractivity contribution in [2.45, 2.75) is 90.1 Å². The Morgan fingerprint density at radius 1 is 0.939 bits per heavy atom. The molecule has 0 bridgehead atoms. The second-order valence-corrected chi connectivity index (χ2v) is 10.4. The van der Waals surface area contributed by atoms with Crippen molar-refractivity contribution in [3.8, 4) is 0 Å². The van der Waals surface area contributed by atoms with Gasteiger partial charge in [0.1, 0.15) is 6.04 Å². The highest BCUT2D eigenvalue weighted by Gasteiger charge is 2.28. The lowest BCUT2D eigenvalue weighted by atomic mass is 9.86. The number of hydrogen-bond donors (Lipinski definition) is 1. The number of nitrogens with zero attached hydrogens (tertiary/aromatic N) is 1. The SMILES string of the molecule is C[C@@H](C(=O)NC1CCCC1)N(CCc1ccccc1)C(=O)CCc1ccc(C(C)(C)C)cc1. The van der Waals surface area contributed by atoms with E-state index in [4.69, 9.17) is 0 Å².